The second-order valence-corrected chi connectivity index (χ2v) is 14.8. The number of halogens is 1. The molecule has 4 saturated heterocycles. The van der Waals surface area contributed by atoms with Crippen LogP contribution in [0.2, 0.25) is 0 Å². The summed E-state index contributed by atoms with van der Waals surface area (Å²) in [5, 5.41) is 6.25. The molecule has 52 heavy (non-hydrogen) atoms. The summed E-state index contributed by atoms with van der Waals surface area (Å²) in [4.78, 5) is 42.4. The maximum Gasteiger partial charge on any atom is 0.237 e. The van der Waals surface area contributed by atoms with Gasteiger partial charge in [-0.25, -0.2) is 14.4 Å². The molecule has 1 atom stereocenters. The summed E-state index contributed by atoms with van der Waals surface area (Å²) < 4.78 is 34.2. The van der Waals surface area contributed by atoms with Gasteiger partial charge in [-0.1, -0.05) is 30.3 Å². The molecule has 4 aromatic rings. The van der Waals surface area contributed by atoms with Crippen molar-refractivity contribution in [1.82, 2.24) is 35.4 Å². The summed E-state index contributed by atoms with van der Waals surface area (Å²) in [6, 6.07) is 13.0. The number of ether oxygens (including phenoxy) is 3. The van der Waals surface area contributed by atoms with Gasteiger partial charge in [0, 0.05) is 68.3 Å². The van der Waals surface area contributed by atoms with Crippen LogP contribution in [0.25, 0.3) is 33.6 Å². The Hall–Kier alpha value is -5.14. The lowest BCUT2D eigenvalue weighted by Crippen LogP contribution is -2.67. The highest BCUT2D eigenvalue weighted by Gasteiger charge is 2.52. The zero-order valence-corrected chi connectivity index (χ0v) is 29.4. The van der Waals surface area contributed by atoms with Gasteiger partial charge < -0.3 is 24.8 Å². The van der Waals surface area contributed by atoms with Gasteiger partial charge in [-0.2, -0.15) is 0 Å². The number of amides is 2. The molecule has 2 aromatic heterocycles. The van der Waals surface area contributed by atoms with Crippen LogP contribution in [-0.4, -0.2) is 94.6 Å². The predicted octanol–water partition coefficient (Wildman–Crippen LogP) is 4.20. The van der Waals surface area contributed by atoms with Crippen LogP contribution in [0.1, 0.15) is 48.5 Å². The first-order chi connectivity index (χ1) is 25.2. The van der Waals surface area contributed by atoms with Crippen molar-refractivity contribution in [3.05, 3.63) is 71.3 Å². The molecule has 0 saturated carbocycles. The Morgan fingerprint density at radius 1 is 0.865 bits per heavy atom. The number of carbonyl (C=O) groups is 2. The van der Waals surface area contributed by atoms with Gasteiger partial charge >= 0.3 is 0 Å². The Morgan fingerprint density at radius 3 is 2.17 bits per heavy atom. The second-order valence-electron chi connectivity index (χ2n) is 14.8. The molecule has 7 heterocycles. The van der Waals surface area contributed by atoms with Crippen molar-refractivity contribution < 1.29 is 28.2 Å². The molecule has 268 valence electrons. The van der Waals surface area contributed by atoms with Crippen molar-refractivity contribution in [3.8, 4) is 51.2 Å². The van der Waals surface area contributed by atoms with E-state index in [4.69, 9.17) is 19.2 Å². The lowest BCUT2D eigenvalue weighted by Gasteiger charge is -2.50. The van der Waals surface area contributed by atoms with E-state index in [0.717, 1.165) is 67.0 Å². The first-order valence-corrected chi connectivity index (χ1v) is 17.8. The molecule has 0 radical (unpaired) electrons. The highest BCUT2D eigenvalue weighted by Crippen LogP contribution is 2.48. The summed E-state index contributed by atoms with van der Waals surface area (Å²) in [5.74, 6) is 1.37. The van der Waals surface area contributed by atoms with Crippen molar-refractivity contribution in [2.45, 2.75) is 56.3 Å². The molecule has 4 fully saturated rings. The van der Waals surface area contributed by atoms with Gasteiger partial charge in [-0.15, -0.1) is 0 Å². The molecule has 5 aliphatic rings. The molecular formula is C39H40FN7O5. The van der Waals surface area contributed by atoms with E-state index in [0.29, 0.717) is 66.0 Å². The minimum atomic E-state index is -0.412. The van der Waals surface area contributed by atoms with E-state index in [-0.39, 0.29) is 28.9 Å². The molecule has 12 nitrogen and oxygen atoms in total. The van der Waals surface area contributed by atoms with E-state index in [1.165, 1.54) is 7.11 Å². The smallest absolute Gasteiger partial charge is 0.237 e. The van der Waals surface area contributed by atoms with Gasteiger partial charge in [0.1, 0.15) is 23.9 Å². The monoisotopic (exact) mass is 705 g/mol. The standard InChI is InChI=1S/C39H40FN7O5/c1-22-23(6-4-7-24(22)27-14-31-34(37(42-27)51-3)30(17-52-31)47-20-39(21-47)13-11-33(49)45-39)25-8-5-9-26(35(25)40)28-15-41-29(36(43-28)50-2)16-46-18-38(19-46)12-10-32(48)44-38/h4-9,14-15,30H,10-13,16-21H2,1-3H3,(H,44,48)(H,45,49)/t30-/m0/s1. The van der Waals surface area contributed by atoms with Crippen LogP contribution in [0.5, 0.6) is 17.5 Å². The van der Waals surface area contributed by atoms with Gasteiger partial charge in [0.05, 0.1) is 54.5 Å². The van der Waals surface area contributed by atoms with Crippen LogP contribution < -0.4 is 24.8 Å². The van der Waals surface area contributed by atoms with E-state index in [2.05, 4.69) is 30.4 Å². The first-order valence-electron chi connectivity index (χ1n) is 17.8. The van der Waals surface area contributed by atoms with Gasteiger partial charge in [0.2, 0.25) is 23.6 Å². The number of nitrogens with zero attached hydrogens (tertiary/aromatic N) is 5. The fourth-order valence-corrected chi connectivity index (χ4v) is 8.82. The number of carbonyl (C=O) groups excluding carboxylic acids is 2. The summed E-state index contributed by atoms with van der Waals surface area (Å²) >= 11 is 0. The number of benzene rings is 2. The molecule has 0 aliphatic carbocycles. The number of pyridine rings is 1. The average molecular weight is 706 g/mol. The lowest BCUT2D eigenvalue weighted by molar-refractivity contribution is -0.121. The first kappa shape index (κ1) is 32.7. The zero-order valence-electron chi connectivity index (χ0n) is 29.4. The summed E-state index contributed by atoms with van der Waals surface area (Å²) in [7, 11) is 3.15. The van der Waals surface area contributed by atoms with Crippen LogP contribution in [0.15, 0.2) is 48.7 Å². The fraction of sp³-hybridized carbons (Fsp3) is 0.410. The van der Waals surface area contributed by atoms with Crippen LogP contribution in [0.4, 0.5) is 4.39 Å². The Kier molecular flexibility index (Phi) is 7.70. The van der Waals surface area contributed by atoms with E-state index in [1.807, 2.05) is 37.3 Å². The Morgan fingerprint density at radius 2 is 1.50 bits per heavy atom. The van der Waals surface area contributed by atoms with Crippen LogP contribution in [0, 0.1) is 12.7 Å². The van der Waals surface area contributed by atoms with Gasteiger partial charge in [0.15, 0.2) is 0 Å². The van der Waals surface area contributed by atoms with E-state index >= 15 is 4.39 Å². The topological polar surface area (TPSA) is 131 Å². The lowest BCUT2D eigenvalue weighted by atomic mass is 9.86. The molecule has 2 spiro atoms. The fourth-order valence-electron chi connectivity index (χ4n) is 8.82. The van der Waals surface area contributed by atoms with Gasteiger partial charge in [0.25, 0.3) is 0 Å². The third-order valence-corrected chi connectivity index (χ3v) is 11.4. The molecule has 2 N–H and O–H groups in total. The molecular weight excluding hydrogens is 665 g/mol. The molecule has 9 rings (SSSR count). The predicted molar refractivity (Wildman–Crippen MR) is 189 cm³/mol. The second kappa shape index (κ2) is 12.2. The number of hydrogen-bond donors (Lipinski definition) is 2. The summed E-state index contributed by atoms with van der Waals surface area (Å²) in [6.07, 6.45) is 4.44. The Labute approximate surface area is 300 Å². The maximum atomic E-state index is 16.5. The normalized spacial score (nSPS) is 21.3. The maximum absolute atomic E-state index is 16.5. The Bertz CT molecular complexity index is 2130. The molecule has 2 amide bonds. The number of methoxy groups -OCH3 is 2. The number of rotatable bonds is 8. The SMILES string of the molecule is COc1nc(-c2cccc(-c3cccc(-c4cc5c(c(OC)n4)[C@@H](N4CC6(CCC(=O)N6)C4)CO5)c3C)c2F)cnc1CN1CC2(CCC(=O)N2)C1. The zero-order chi connectivity index (χ0) is 35.8. The van der Waals surface area contributed by atoms with Gasteiger partial charge in [-0.3, -0.25) is 24.4 Å². The van der Waals surface area contributed by atoms with Crippen LogP contribution in [0.3, 0.4) is 0 Å². The third-order valence-electron chi connectivity index (χ3n) is 11.4. The third kappa shape index (κ3) is 5.36. The number of likely N-dealkylation sites (tertiary alicyclic amines) is 2. The van der Waals surface area contributed by atoms with Crippen molar-refractivity contribution in [1.29, 1.82) is 0 Å². The van der Waals surface area contributed by atoms with Crippen LogP contribution in [-0.2, 0) is 16.1 Å². The average Bonchev–Trinajstić information content (AvgIpc) is 3.84. The largest absolute Gasteiger partial charge is 0.491 e. The van der Waals surface area contributed by atoms with Crippen molar-refractivity contribution in [3.63, 3.8) is 0 Å². The summed E-state index contributed by atoms with van der Waals surface area (Å²) in [6.45, 7) is 6.01. The number of hydrogen-bond acceptors (Lipinski definition) is 10. The highest BCUT2D eigenvalue weighted by molar-refractivity contribution is 5.82. The quantitative estimate of drug-likeness (QED) is 0.275. The minimum Gasteiger partial charge on any atom is -0.491 e. The van der Waals surface area contributed by atoms with Crippen molar-refractivity contribution in [2.24, 2.45) is 0 Å². The van der Waals surface area contributed by atoms with Crippen molar-refractivity contribution in [2.75, 3.05) is 47.0 Å². The number of aromatic nitrogens is 3. The molecule has 2 aromatic carbocycles. The summed E-state index contributed by atoms with van der Waals surface area (Å²) in [5.41, 5.74) is 5.51. The van der Waals surface area contributed by atoms with Gasteiger partial charge in [-0.05, 0) is 37.0 Å². The molecule has 13 heteroatoms. The molecule has 5 aliphatic heterocycles. The van der Waals surface area contributed by atoms with Crippen LogP contribution >= 0.6 is 0 Å². The molecule has 0 unspecified atom stereocenters. The van der Waals surface area contributed by atoms with E-state index in [1.54, 1.807) is 25.4 Å². The van der Waals surface area contributed by atoms with E-state index < -0.39 is 5.82 Å². The minimum absolute atomic E-state index is 0.0151. The number of nitrogens with one attached hydrogen (secondary N) is 2. The number of fused-ring (bicyclic) bond motifs is 1. The molecule has 0 bridgehead atoms. The highest BCUT2D eigenvalue weighted by atomic mass is 19.1. The van der Waals surface area contributed by atoms with E-state index in [9.17, 15) is 9.59 Å². The van der Waals surface area contributed by atoms with Crippen molar-refractivity contribution >= 4 is 11.8 Å². The Balaban J connectivity index is 0.973.